The maximum absolute atomic E-state index is 7.07. The van der Waals surface area contributed by atoms with Crippen LogP contribution in [0.4, 0.5) is 0 Å². The van der Waals surface area contributed by atoms with Crippen LogP contribution < -0.4 is 0 Å². The molecule has 306 valence electrons. The molecule has 2 nitrogen and oxygen atoms in total. The van der Waals surface area contributed by atoms with Crippen molar-refractivity contribution < 1.29 is 8.83 Å². The summed E-state index contributed by atoms with van der Waals surface area (Å²) in [5.41, 5.74) is 17.5. The summed E-state index contributed by atoms with van der Waals surface area (Å²) in [6.07, 6.45) is 0. The Balaban J connectivity index is 1.25. The SMILES string of the molecule is c1ccc(-c2cccc(-c3ccccc3)c2-c2cc3c4oc5ccccc5c4cc4c(-c5c(-c6ccccc6)cccc5-c5ccccc5)cc5c6oc7ccccc7c6cc2c5c43)cc1. The summed E-state index contributed by atoms with van der Waals surface area (Å²) in [5.74, 6) is 0. The maximum atomic E-state index is 7.07. The molecule has 0 radical (unpaired) electrons. The smallest absolute Gasteiger partial charge is 0.143 e. The first-order chi connectivity index (χ1) is 32.8. The Morgan fingerprint density at radius 1 is 0.212 bits per heavy atom. The minimum atomic E-state index is 0.870. The highest BCUT2D eigenvalue weighted by molar-refractivity contribution is 6.39. The monoisotopic (exact) mass is 838 g/mol. The first kappa shape index (κ1) is 36.7. The van der Waals surface area contributed by atoms with Crippen molar-refractivity contribution in [3.8, 4) is 66.8 Å². The van der Waals surface area contributed by atoms with Gasteiger partial charge in [-0.1, -0.05) is 194 Å². The van der Waals surface area contributed by atoms with E-state index in [2.05, 4.69) is 231 Å². The summed E-state index contributed by atoms with van der Waals surface area (Å²) < 4.78 is 14.1. The number of furan rings is 2. The van der Waals surface area contributed by atoms with Crippen LogP contribution in [0.15, 0.2) is 239 Å². The van der Waals surface area contributed by atoms with E-state index in [0.29, 0.717) is 0 Å². The lowest BCUT2D eigenvalue weighted by Gasteiger charge is -2.23. The lowest BCUT2D eigenvalue weighted by atomic mass is 9.79. The lowest BCUT2D eigenvalue weighted by molar-refractivity contribution is 0.672. The van der Waals surface area contributed by atoms with Gasteiger partial charge in [-0.15, -0.1) is 0 Å². The van der Waals surface area contributed by atoms with Gasteiger partial charge in [0.25, 0.3) is 0 Å². The van der Waals surface area contributed by atoms with Crippen LogP contribution in [-0.2, 0) is 0 Å². The van der Waals surface area contributed by atoms with Crippen LogP contribution in [0, 0.1) is 0 Å². The largest absolute Gasteiger partial charge is 0.455 e. The van der Waals surface area contributed by atoms with Gasteiger partial charge in [0.05, 0.1) is 0 Å². The van der Waals surface area contributed by atoms with Crippen molar-refractivity contribution in [3.63, 3.8) is 0 Å². The molecule has 2 aromatic heterocycles. The van der Waals surface area contributed by atoms with Crippen LogP contribution in [0.25, 0.3) is 143 Å². The number of benzene rings is 12. The van der Waals surface area contributed by atoms with Crippen LogP contribution in [-0.4, -0.2) is 0 Å². The van der Waals surface area contributed by atoms with Gasteiger partial charge in [0.2, 0.25) is 0 Å². The van der Waals surface area contributed by atoms with Gasteiger partial charge in [0.1, 0.15) is 22.3 Å². The molecule has 0 saturated heterocycles. The summed E-state index contributed by atoms with van der Waals surface area (Å²) in [7, 11) is 0. The topological polar surface area (TPSA) is 26.3 Å². The predicted octanol–water partition coefficient (Wildman–Crippen LogP) is 18.4. The van der Waals surface area contributed by atoms with Gasteiger partial charge in [0.15, 0.2) is 0 Å². The van der Waals surface area contributed by atoms with Crippen molar-refractivity contribution in [3.05, 3.63) is 231 Å². The van der Waals surface area contributed by atoms with Gasteiger partial charge < -0.3 is 8.83 Å². The van der Waals surface area contributed by atoms with E-state index in [1.807, 2.05) is 0 Å². The molecule has 14 aromatic rings. The van der Waals surface area contributed by atoms with E-state index in [4.69, 9.17) is 8.83 Å². The minimum Gasteiger partial charge on any atom is -0.455 e. The molecular formula is C64H38O2. The normalized spacial score (nSPS) is 11.9. The molecule has 0 atom stereocenters. The summed E-state index contributed by atoms with van der Waals surface area (Å²) in [6.45, 7) is 0. The molecule has 0 aliphatic carbocycles. The fourth-order valence-corrected chi connectivity index (χ4v) is 11.0. The second kappa shape index (κ2) is 14.4. The molecule has 2 heterocycles. The Labute approximate surface area is 380 Å². The number of hydrogen-bond donors (Lipinski definition) is 0. The molecule has 0 bridgehead atoms. The molecule has 0 unspecified atom stereocenters. The zero-order chi connectivity index (χ0) is 43.3. The number of rotatable bonds is 6. The molecular weight excluding hydrogens is 801 g/mol. The fraction of sp³-hybridized carbons (Fsp3) is 0. The van der Waals surface area contributed by atoms with Gasteiger partial charge in [-0.3, -0.25) is 0 Å². The minimum absolute atomic E-state index is 0.870. The maximum Gasteiger partial charge on any atom is 0.143 e. The molecule has 14 rings (SSSR count). The van der Waals surface area contributed by atoms with Crippen LogP contribution in [0.1, 0.15) is 0 Å². The zero-order valence-corrected chi connectivity index (χ0v) is 35.8. The van der Waals surface area contributed by atoms with Gasteiger partial charge in [-0.05, 0) is 114 Å². The van der Waals surface area contributed by atoms with Crippen molar-refractivity contribution in [1.82, 2.24) is 0 Å². The van der Waals surface area contributed by atoms with Gasteiger partial charge in [-0.25, -0.2) is 0 Å². The average Bonchev–Trinajstić information content (AvgIpc) is 3.97. The lowest BCUT2D eigenvalue weighted by Crippen LogP contribution is -1.96. The second-order valence-corrected chi connectivity index (χ2v) is 17.4. The highest BCUT2D eigenvalue weighted by Crippen LogP contribution is 2.54. The molecule has 0 amide bonds. The first-order valence-electron chi connectivity index (χ1n) is 22.7. The molecule has 12 aromatic carbocycles. The van der Waals surface area contributed by atoms with Crippen molar-refractivity contribution in [2.24, 2.45) is 0 Å². The van der Waals surface area contributed by atoms with E-state index in [0.717, 1.165) is 98.8 Å². The molecule has 0 aliphatic heterocycles. The van der Waals surface area contributed by atoms with Crippen molar-refractivity contribution in [2.45, 2.75) is 0 Å². The predicted molar refractivity (Wildman–Crippen MR) is 277 cm³/mol. The van der Waals surface area contributed by atoms with Gasteiger partial charge in [-0.2, -0.15) is 0 Å². The Hall–Kier alpha value is -8.72. The van der Waals surface area contributed by atoms with E-state index in [1.54, 1.807) is 0 Å². The number of para-hydroxylation sites is 2. The summed E-state index contributed by atoms with van der Waals surface area (Å²) >= 11 is 0. The van der Waals surface area contributed by atoms with Crippen LogP contribution in [0.2, 0.25) is 0 Å². The van der Waals surface area contributed by atoms with E-state index < -0.39 is 0 Å². The summed E-state index contributed by atoms with van der Waals surface area (Å²) in [6, 6.07) is 83.5. The first-order valence-corrected chi connectivity index (χ1v) is 22.7. The third-order valence-electron chi connectivity index (χ3n) is 13.8. The van der Waals surface area contributed by atoms with Crippen LogP contribution in [0.3, 0.4) is 0 Å². The van der Waals surface area contributed by atoms with Crippen LogP contribution in [0.5, 0.6) is 0 Å². The fourth-order valence-electron chi connectivity index (χ4n) is 11.0. The standard InChI is InChI=1S/C64H38O2/c1-5-19-39(20-6-1)43-29-17-30-44(40-21-7-2-8-22-40)59(43)49-37-55-62-52(36-54-48-28-14-16-34-58(48)65-63(54)55)50(38-56-61(62)51(49)35-53-47-27-13-15-33-57(47)66-64(53)56)60-45(41-23-9-3-10-24-41)31-18-32-46(60)42-25-11-4-12-26-42/h1-38H. The average molecular weight is 839 g/mol. The van der Waals surface area contributed by atoms with E-state index in [-0.39, 0.29) is 0 Å². The highest BCUT2D eigenvalue weighted by atomic mass is 16.3. The summed E-state index contributed by atoms with van der Waals surface area (Å²) in [4.78, 5) is 0. The molecule has 0 fully saturated rings. The second-order valence-electron chi connectivity index (χ2n) is 17.4. The van der Waals surface area contributed by atoms with Gasteiger partial charge in [0, 0.05) is 43.1 Å². The third kappa shape index (κ3) is 5.42. The van der Waals surface area contributed by atoms with Crippen molar-refractivity contribution in [2.75, 3.05) is 0 Å². The Morgan fingerprint density at radius 3 is 0.879 bits per heavy atom. The Kier molecular flexibility index (Phi) is 8.02. The molecule has 0 spiro atoms. The van der Waals surface area contributed by atoms with E-state index >= 15 is 0 Å². The molecule has 66 heavy (non-hydrogen) atoms. The third-order valence-corrected chi connectivity index (χ3v) is 13.8. The van der Waals surface area contributed by atoms with Crippen molar-refractivity contribution >= 4 is 76.2 Å². The van der Waals surface area contributed by atoms with Crippen molar-refractivity contribution in [1.29, 1.82) is 0 Å². The summed E-state index contributed by atoms with van der Waals surface area (Å²) in [5, 5.41) is 11.2. The van der Waals surface area contributed by atoms with Gasteiger partial charge >= 0.3 is 0 Å². The zero-order valence-electron chi connectivity index (χ0n) is 35.8. The number of fused-ring (bicyclic) bond motifs is 8. The molecule has 0 saturated carbocycles. The molecule has 0 N–H and O–H groups in total. The van der Waals surface area contributed by atoms with E-state index in [9.17, 15) is 0 Å². The van der Waals surface area contributed by atoms with E-state index in [1.165, 1.54) is 44.2 Å². The number of hydrogen-bond acceptors (Lipinski definition) is 2. The molecule has 2 heteroatoms. The van der Waals surface area contributed by atoms with Crippen LogP contribution >= 0.6 is 0 Å². The quantitative estimate of drug-likeness (QED) is 0.156. The highest BCUT2D eigenvalue weighted by Gasteiger charge is 2.28. The Bertz CT molecular complexity index is 3790. The Morgan fingerprint density at radius 2 is 0.530 bits per heavy atom. The molecule has 0 aliphatic rings.